The Morgan fingerprint density at radius 2 is 1.83 bits per heavy atom. The van der Waals surface area contributed by atoms with E-state index in [1.54, 1.807) is 48.5 Å². The van der Waals surface area contributed by atoms with Gasteiger partial charge in [0.1, 0.15) is 36.6 Å². The molecule has 4 aromatic rings. The fourth-order valence-corrected chi connectivity index (χ4v) is 3.92. The number of hydrogen-bond acceptors (Lipinski definition) is 7. The van der Waals surface area contributed by atoms with Crippen LogP contribution in [-0.2, 0) is 21.0 Å². The summed E-state index contributed by atoms with van der Waals surface area (Å²) in [6.07, 6.45) is 7.46. The lowest BCUT2D eigenvalue weighted by atomic mass is 10.2. The van der Waals surface area contributed by atoms with Gasteiger partial charge >= 0.3 is 0 Å². The SMILES string of the molecule is O=CC=CC=CC(=O)NCCC(=O)Nc1ccc2ncnc(Nc3ccc(OCc4cccc(F)c4)c(Cl)c3)c2c1. The molecule has 0 saturated heterocycles. The molecule has 9 nitrogen and oxygen atoms in total. The number of amides is 2. The molecule has 0 aliphatic heterocycles. The topological polar surface area (TPSA) is 122 Å². The highest BCUT2D eigenvalue weighted by molar-refractivity contribution is 6.32. The minimum Gasteiger partial charge on any atom is -0.487 e. The minimum atomic E-state index is -0.377. The van der Waals surface area contributed by atoms with E-state index in [2.05, 4.69) is 25.9 Å². The van der Waals surface area contributed by atoms with Crippen LogP contribution in [0.4, 0.5) is 21.6 Å². The number of aldehydes is 1. The highest BCUT2D eigenvalue weighted by Gasteiger charge is 2.10. The van der Waals surface area contributed by atoms with Crippen molar-refractivity contribution in [2.24, 2.45) is 0 Å². The average molecular weight is 574 g/mol. The van der Waals surface area contributed by atoms with Crippen LogP contribution in [0.3, 0.4) is 0 Å². The predicted molar refractivity (Wildman–Crippen MR) is 156 cm³/mol. The Morgan fingerprint density at radius 1 is 0.976 bits per heavy atom. The Balaban J connectivity index is 1.37. The van der Waals surface area contributed by atoms with E-state index in [1.165, 1.54) is 42.8 Å². The summed E-state index contributed by atoms with van der Waals surface area (Å²) < 4.78 is 19.2. The minimum absolute atomic E-state index is 0.0598. The normalized spacial score (nSPS) is 11.1. The molecule has 0 aliphatic rings. The summed E-state index contributed by atoms with van der Waals surface area (Å²) in [5, 5.41) is 9.64. The molecular formula is C30H25ClFN5O4. The van der Waals surface area contributed by atoms with Gasteiger partial charge in [-0.05, 0) is 60.2 Å². The fraction of sp³-hybridized carbons (Fsp3) is 0.100. The van der Waals surface area contributed by atoms with Crippen LogP contribution in [-0.4, -0.2) is 34.6 Å². The van der Waals surface area contributed by atoms with Crippen molar-refractivity contribution in [2.75, 3.05) is 17.2 Å². The third-order valence-electron chi connectivity index (χ3n) is 5.60. The summed E-state index contributed by atoms with van der Waals surface area (Å²) >= 11 is 6.43. The van der Waals surface area contributed by atoms with E-state index in [4.69, 9.17) is 16.3 Å². The maximum absolute atomic E-state index is 13.4. The number of allylic oxidation sites excluding steroid dienone is 3. The van der Waals surface area contributed by atoms with E-state index in [0.29, 0.717) is 50.7 Å². The second-order valence-electron chi connectivity index (χ2n) is 8.61. The van der Waals surface area contributed by atoms with Crippen molar-refractivity contribution >= 4 is 57.8 Å². The average Bonchev–Trinajstić information content (AvgIpc) is 2.95. The summed E-state index contributed by atoms with van der Waals surface area (Å²) in [5.74, 6) is -0.0608. The quantitative estimate of drug-likeness (QED) is 0.116. The predicted octanol–water partition coefficient (Wildman–Crippen LogP) is 5.50. The van der Waals surface area contributed by atoms with E-state index >= 15 is 0 Å². The number of carbonyl (C=O) groups excluding carboxylic acids is 3. The summed E-state index contributed by atoms with van der Waals surface area (Å²) in [7, 11) is 0. The third-order valence-corrected chi connectivity index (χ3v) is 5.89. The second kappa shape index (κ2) is 14.3. The van der Waals surface area contributed by atoms with Gasteiger partial charge in [-0.1, -0.05) is 35.9 Å². The van der Waals surface area contributed by atoms with Crippen LogP contribution < -0.4 is 20.7 Å². The van der Waals surface area contributed by atoms with Gasteiger partial charge in [-0.25, -0.2) is 14.4 Å². The van der Waals surface area contributed by atoms with Gasteiger partial charge in [0.25, 0.3) is 0 Å². The van der Waals surface area contributed by atoms with Crippen LogP contribution in [0.5, 0.6) is 5.75 Å². The summed E-state index contributed by atoms with van der Waals surface area (Å²) in [6.45, 7) is 0.303. The Kier molecular flexibility index (Phi) is 10.1. The first-order chi connectivity index (χ1) is 19.9. The molecule has 0 saturated carbocycles. The Bertz CT molecular complexity index is 1630. The van der Waals surface area contributed by atoms with E-state index in [9.17, 15) is 18.8 Å². The molecule has 0 aliphatic carbocycles. The van der Waals surface area contributed by atoms with E-state index in [0.717, 1.165) is 0 Å². The first kappa shape index (κ1) is 28.9. The number of anilines is 3. The first-order valence-corrected chi connectivity index (χ1v) is 12.8. The van der Waals surface area contributed by atoms with Crippen LogP contribution in [0.15, 0.2) is 91.3 Å². The number of rotatable bonds is 12. The number of aromatic nitrogens is 2. The fourth-order valence-electron chi connectivity index (χ4n) is 3.69. The lowest BCUT2D eigenvalue weighted by molar-refractivity contribution is -0.117. The molecule has 0 spiro atoms. The van der Waals surface area contributed by atoms with Gasteiger partial charge < -0.3 is 20.7 Å². The lowest BCUT2D eigenvalue weighted by Crippen LogP contribution is -2.26. The highest BCUT2D eigenvalue weighted by atomic mass is 35.5. The van der Waals surface area contributed by atoms with Crippen molar-refractivity contribution in [2.45, 2.75) is 13.0 Å². The Labute approximate surface area is 240 Å². The second-order valence-corrected chi connectivity index (χ2v) is 9.02. The number of carbonyl (C=O) groups is 3. The maximum Gasteiger partial charge on any atom is 0.243 e. The van der Waals surface area contributed by atoms with Gasteiger partial charge in [-0.3, -0.25) is 14.4 Å². The number of benzene rings is 3. The van der Waals surface area contributed by atoms with Crippen LogP contribution in [0.25, 0.3) is 10.9 Å². The highest BCUT2D eigenvalue weighted by Crippen LogP contribution is 2.31. The number of fused-ring (bicyclic) bond motifs is 1. The van der Waals surface area contributed by atoms with Crippen LogP contribution in [0.2, 0.25) is 5.02 Å². The first-order valence-electron chi connectivity index (χ1n) is 12.5. The summed E-state index contributed by atoms with van der Waals surface area (Å²) in [5.41, 5.74) is 2.52. The molecule has 0 radical (unpaired) electrons. The Morgan fingerprint density at radius 3 is 2.63 bits per heavy atom. The maximum atomic E-state index is 13.4. The van der Waals surface area contributed by atoms with Crippen LogP contribution in [0.1, 0.15) is 12.0 Å². The molecule has 11 heteroatoms. The number of hydrogen-bond donors (Lipinski definition) is 3. The molecule has 4 rings (SSSR count). The number of halogens is 2. The summed E-state index contributed by atoms with van der Waals surface area (Å²) in [6, 6.07) is 16.5. The van der Waals surface area contributed by atoms with E-state index in [1.807, 2.05) is 0 Å². The van der Waals surface area contributed by atoms with Gasteiger partial charge in [0.2, 0.25) is 11.8 Å². The van der Waals surface area contributed by atoms with Crippen molar-refractivity contribution in [3.05, 3.63) is 108 Å². The zero-order chi connectivity index (χ0) is 29.0. The summed E-state index contributed by atoms with van der Waals surface area (Å²) in [4.78, 5) is 43.0. The molecular weight excluding hydrogens is 549 g/mol. The number of nitrogens with one attached hydrogen (secondary N) is 3. The molecule has 0 fully saturated rings. The molecule has 1 aromatic heterocycles. The third kappa shape index (κ3) is 8.70. The van der Waals surface area contributed by atoms with E-state index < -0.39 is 0 Å². The molecule has 208 valence electrons. The lowest BCUT2D eigenvalue weighted by Gasteiger charge is -2.13. The van der Waals surface area contributed by atoms with Gasteiger partial charge in [-0.2, -0.15) is 0 Å². The molecule has 3 aromatic carbocycles. The zero-order valence-corrected chi connectivity index (χ0v) is 22.4. The van der Waals surface area contributed by atoms with Gasteiger partial charge in [0.05, 0.1) is 10.5 Å². The number of nitrogens with zero attached hydrogens (tertiary/aromatic N) is 2. The van der Waals surface area contributed by atoms with Gasteiger partial charge in [0, 0.05) is 35.8 Å². The van der Waals surface area contributed by atoms with Gasteiger partial charge in [0.15, 0.2) is 0 Å². The molecule has 41 heavy (non-hydrogen) atoms. The molecule has 3 N–H and O–H groups in total. The van der Waals surface area contributed by atoms with Gasteiger partial charge in [-0.15, -0.1) is 0 Å². The van der Waals surface area contributed by atoms with Crippen molar-refractivity contribution in [1.82, 2.24) is 15.3 Å². The zero-order valence-electron chi connectivity index (χ0n) is 21.6. The van der Waals surface area contributed by atoms with Crippen molar-refractivity contribution in [3.8, 4) is 5.75 Å². The molecule has 0 unspecified atom stereocenters. The van der Waals surface area contributed by atoms with Crippen LogP contribution in [0, 0.1) is 5.82 Å². The van der Waals surface area contributed by atoms with Crippen molar-refractivity contribution in [3.63, 3.8) is 0 Å². The Hall–Kier alpha value is -5.09. The van der Waals surface area contributed by atoms with E-state index in [-0.39, 0.29) is 37.2 Å². The molecule has 0 atom stereocenters. The monoisotopic (exact) mass is 573 g/mol. The van der Waals surface area contributed by atoms with Crippen LogP contribution >= 0.6 is 11.6 Å². The van der Waals surface area contributed by atoms with Crippen molar-refractivity contribution in [1.29, 1.82) is 0 Å². The standard InChI is InChI=1S/C30H25ClFN5O4/c31-25-17-23(9-11-27(25)41-18-20-5-4-6-21(32)15-20)37-30-24-16-22(8-10-26(24)34-19-35-30)36-29(40)12-13-33-28(39)7-2-1-3-14-38/h1-11,14-17,19H,12-13,18H2,(H,33,39)(H,36,40)(H,34,35,37). The smallest absolute Gasteiger partial charge is 0.243 e. The largest absolute Gasteiger partial charge is 0.487 e. The number of ether oxygens (including phenoxy) is 1. The molecule has 2 amide bonds. The molecule has 0 bridgehead atoms. The molecule has 1 heterocycles. The van der Waals surface area contributed by atoms with Crippen molar-refractivity contribution < 1.29 is 23.5 Å².